The third-order valence-electron chi connectivity index (χ3n) is 4.38. The maximum absolute atomic E-state index is 12.6. The van der Waals surface area contributed by atoms with Crippen molar-refractivity contribution < 1.29 is 13.2 Å². The van der Waals surface area contributed by atoms with Crippen molar-refractivity contribution in [3.8, 4) is 0 Å². The van der Waals surface area contributed by atoms with E-state index in [1.807, 2.05) is 32.9 Å². The third kappa shape index (κ3) is 5.47. The molecule has 0 saturated carbocycles. The minimum absolute atomic E-state index is 0.231. The molecule has 1 N–H and O–H groups in total. The summed E-state index contributed by atoms with van der Waals surface area (Å²) < 4.78 is 25.6. The number of hydrogen-bond donors (Lipinski definition) is 1. The van der Waals surface area contributed by atoms with Crippen LogP contribution in [-0.2, 0) is 14.8 Å². The van der Waals surface area contributed by atoms with Crippen molar-refractivity contribution in [2.24, 2.45) is 0 Å². The first-order valence-electron chi connectivity index (χ1n) is 8.59. The number of amides is 1. The molecular weight excluding hydrogens is 384 g/mol. The Morgan fingerprint density at radius 1 is 1.11 bits per heavy atom. The number of rotatable bonds is 6. The molecule has 2 aromatic rings. The first-order valence-corrected chi connectivity index (χ1v) is 10.8. The number of aryl methyl sites for hydroxylation is 3. The van der Waals surface area contributed by atoms with Gasteiger partial charge in [0.05, 0.1) is 18.0 Å². The first kappa shape index (κ1) is 21.3. The fourth-order valence-electron chi connectivity index (χ4n) is 3.09. The SMILES string of the molecule is Cc1ccc([C@@H](C)NC(=O)CN(c2ccc(Cl)cc2C)S(C)(=O)=O)c(C)c1. The molecule has 0 spiro atoms. The monoisotopic (exact) mass is 408 g/mol. The molecule has 0 unspecified atom stereocenters. The fourth-order valence-corrected chi connectivity index (χ4v) is 4.23. The molecule has 0 saturated heterocycles. The van der Waals surface area contributed by atoms with E-state index < -0.39 is 10.0 Å². The van der Waals surface area contributed by atoms with Gasteiger partial charge in [0.2, 0.25) is 15.9 Å². The lowest BCUT2D eigenvalue weighted by Crippen LogP contribution is -2.41. The molecule has 0 aliphatic rings. The lowest BCUT2D eigenvalue weighted by atomic mass is 10.0. The van der Waals surface area contributed by atoms with Crippen molar-refractivity contribution >= 4 is 33.2 Å². The van der Waals surface area contributed by atoms with Crippen LogP contribution in [0.1, 0.15) is 35.2 Å². The highest BCUT2D eigenvalue weighted by Crippen LogP contribution is 2.25. The van der Waals surface area contributed by atoms with E-state index in [1.54, 1.807) is 25.1 Å². The van der Waals surface area contributed by atoms with E-state index in [4.69, 9.17) is 11.6 Å². The van der Waals surface area contributed by atoms with Crippen LogP contribution in [0.4, 0.5) is 5.69 Å². The Morgan fingerprint density at radius 2 is 1.78 bits per heavy atom. The molecule has 7 heteroatoms. The van der Waals surface area contributed by atoms with Crippen LogP contribution in [0.2, 0.25) is 5.02 Å². The Hall–Kier alpha value is -2.05. The Bertz CT molecular complexity index is 958. The van der Waals surface area contributed by atoms with Crippen LogP contribution in [0.25, 0.3) is 0 Å². The number of benzene rings is 2. The second-order valence-corrected chi connectivity index (χ2v) is 9.19. The van der Waals surface area contributed by atoms with Crippen LogP contribution in [0, 0.1) is 20.8 Å². The van der Waals surface area contributed by atoms with Gasteiger partial charge >= 0.3 is 0 Å². The zero-order valence-electron chi connectivity index (χ0n) is 16.2. The lowest BCUT2D eigenvalue weighted by molar-refractivity contribution is -0.120. The highest BCUT2D eigenvalue weighted by Gasteiger charge is 2.23. The van der Waals surface area contributed by atoms with Crippen LogP contribution < -0.4 is 9.62 Å². The Kier molecular flexibility index (Phi) is 6.54. The van der Waals surface area contributed by atoms with Crippen LogP contribution in [-0.4, -0.2) is 27.1 Å². The summed E-state index contributed by atoms with van der Waals surface area (Å²) in [6.07, 6.45) is 1.09. The van der Waals surface area contributed by atoms with Gasteiger partial charge in [-0.1, -0.05) is 35.4 Å². The number of nitrogens with zero attached hydrogens (tertiary/aromatic N) is 1. The smallest absolute Gasteiger partial charge is 0.241 e. The normalized spacial score (nSPS) is 12.5. The number of hydrogen-bond acceptors (Lipinski definition) is 3. The van der Waals surface area contributed by atoms with Crippen molar-refractivity contribution in [1.29, 1.82) is 0 Å². The molecule has 0 aliphatic carbocycles. The van der Waals surface area contributed by atoms with Gasteiger partial charge in [0.1, 0.15) is 6.54 Å². The van der Waals surface area contributed by atoms with Crippen molar-refractivity contribution in [3.05, 3.63) is 63.7 Å². The maximum atomic E-state index is 12.6. The van der Waals surface area contributed by atoms with Gasteiger partial charge in [-0.3, -0.25) is 9.10 Å². The van der Waals surface area contributed by atoms with E-state index in [0.717, 1.165) is 27.3 Å². The van der Waals surface area contributed by atoms with Gasteiger partial charge in [-0.05, 0) is 62.6 Å². The average Bonchev–Trinajstić information content (AvgIpc) is 2.52. The summed E-state index contributed by atoms with van der Waals surface area (Å²) >= 11 is 5.96. The molecule has 0 fully saturated rings. The van der Waals surface area contributed by atoms with Crippen molar-refractivity contribution in [2.75, 3.05) is 17.1 Å². The topological polar surface area (TPSA) is 66.5 Å². The van der Waals surface area contributed by atoms with Crippen LogP contribution >= 0.6 is 11.6 Å². The molecule has 0 heterocycles. The Balaban J connectivity index is 2.21. The van der Waals surface area contributed by atoms with Gasteiger partial charge in [0.15, 0.2) is 0 Å². The van der Waals surface area contributed by atoms with Gasteiger partial charge in [0, 0.05) is 5.02 Å². The maximum Gasteiger partial charge on any atom is 0.241 e. The van der Waals surface area contributed by atoms with E-state index in [9.17, 15) is 13.2 Å². The van der Waals surface area contributed by atoms with Crippen LogP contribution in [0.15, 0.2) is 36.4 Å². The summed E-state index contributed by atoms with van der Waals surface area (Å²) in [6, 6.07) is 10.7. The van der Waals surface area contributed by atoms with Crippen molar-refractivity contribution in [2.45, 2.75) is 33.7 Å². The zero-order chi connectivity index (χ0) is 20.4. The highest BCUT2D eigenvalue weighted by molar-refractivity contribution is 7.92. The molecular formula is C20H25ClN2O3S. The number of nitrogens with one attached hydrogen (secondary N) is 1. The quantitative estimate of drug-likeness (QED) is 0.787. The van der Waals surface area contributed by atoms with Gasteiger partial charge in [0.25, 0.3) is 0 Å². The van der Waals surface area contributed by atoms with Gasteiger partial charge < -0.3 is 5.32 Å². The predicted octanol–water partition coefficient (Wildman–Crippen LogP) is 3.91. The van der Waals surface area contributed by atoms with Gasteiger partial charge in [-0.15, -0.1) is 0 Å². The summed E-state index contributed by atoms with van der Waals surface area (Å²) in [5, 5.41) is 3.40. The number of carbonyl (C=O) groups excluding carboxylic acids is 1. The summed E-state index contributed by atoms with van der Waals surface area (Å²) in [5.74, 6) is -0.373. The largest absolute Gasteiger partial charge is 0.348 e. The van der Waals surface area contributed by atoms with E-state index in [-0.39, 0.29) is 18.5 Å². The standard InChI is InChI=1S/C20H25ClN2O3S/c1-13-6-8-18(14(2)10-13)16(4)22-20(24)12-23(27(5,25)26)19-9-7-17(21)11-15(19)3/h6-11,16H,12H2,1-5H3,(H,22,24)/t16-/m1/s1. The number of sulfonamides is 1. The number of halogens is 1. The zero-order valence-corrected chi connectivity index (χ0v) is 17.8. The third-order valence-corrected chi connectivity index (χ3v) is 5.75. The predicted molar refractivity (Wildman–Crippen MR) is 111 cm³/mol. The first-order chi connectivity index (χ1) is 12.5. The summed E-state index contributed by atoms with van der Waals surface area (Å²) in [7, 11) is -3.63. The van der Waals surface area contributed by atoms with E-state index >= 15 is 0 Å². The number of anilines is 1. The number of carbonyl (C=O) groups is 1. The van der Waals surface area contributed by atoms with Gasteiger partial charge in [-0.25, -0.2) is 8.42 Å². The minimum atomic E-state index is -3.63. The fraction of sp³-hybridized carbons (Fsp3) is 0.350. The summed E-state index contributed by atoms with van der Waals surface area (Å²) in [6.45, 7) is 7.35. The second-order valence-electron chi connectivity index (χ2n) is 6.85. The second kappa shape index (κ2) is 8.31. The molecule has 1 atom stereocenters. The molecule has 2 aromatic carbocycles. The Morgan fingerprint density at radius 3 is 2.33 bits per heavy atom. The molecule has 0 radical (unpaired) electrons. The molecule has 0 aromatic heterocycles. The van der Waals surface area contributed by atoms with E-state index in [2.05, 4.69) is 11.4 Å². The average molecular weight is 409 g/mol. The molecule has 0 aliphatic heterocycles. The molecule has 27 heavy (non-hydrogen) atoms. The van der Waals surface area contributed by atoms with E-state index in [1.165, 1.54) is 0 Å². The summed E-state index contributed by atoms with van der Waals surface area (Å²) in [4.78, 5) is 12.6. The molecule has 0 bridgehead atoms. The van der Waals surface area contributed by atoms with Gasteiger partial charge in [-0.2, -0.15) is 0 Å². The van der Waals surface area contributed by atoms with Crippen LogP contribution in [0.5, 0.6) is 0 Å². The Labute approximate surface area is 166 Å². The molecule has 146 valence electrons. The van der Waals surface area contributed by atoms with Crippen molar-refractivity contribution in [1.82, 2.24) is 5.32 Å². The molecule has 2 rings (SSSR count). The lowest BCUT2D eigenvalue weighted by Gasteiger charge is -2.25. The van der Waals surface area contributed by atoms with Crippen LogP contribution in [0.3, 0.4) is 0 Å². The highest BCUT2D eigenvalue weighted by atomic mass is 35.5. The molecule has 5 nitrogen and oxygen atoms in total. The van der Waals surface area contributed by atoms with E-state index in [0.29, 0.717) is 16.3 Å². The summed E-state index contributed by atoms with van der Waals surface area (Å²) in [5.41, 5.74) is 4.36. The molecule has 1 amide bonds. The minimum Gasteiger partial charge on any atom is -0.348 e. The van der Waals surface area contributed by atoms with Crippen molar-refractivity contribution in [3.63, 3.8) is 0 Å².